The molecule has 0 amide bonds. The molecule has 1 rings (SSSR count). The van der Waals surface area contributed by atoms with Crippen LogP contribution in [0.4, 0.5) is 0 Å². The standard InChI is InChI=1S/C13H18O5/c1-2-8-9(3-14)11(5-16)13(7-18)12(6-17)10(8)4-15/h2,14-18H,1,3-7H2. The lowest BCUT2D eigenvalue weighted by Crippen LogP contribution is -2.12. The van der Waals surface area contributed by atoms with Gasteiger partial charge in [0.2, 0.25) is 0 Å². The minimum atomic E-state index is -0.386. The Morgan fingerprint density at radius 2 is 0.889 bits per heavy atom. The third-order valence-corrected chi connectivity index (χ3v) is 3.10. The van der Waals surface area contributed by atoms with E-state index in [-0.39, 0.29) is 33.0 Å². The van der Waals surface area contributed by atoms with Crippen LogP contribution in [0.3, 0.4) is 0 Å². The van der Waals surface area contributed by atoms with Gasteiger partial charge in [-0.1, -0.05) is 12.7 Å². The fraction of sp³-hybridized carbons (Fsp3) is 0.385. The highest BCUT2D eigenvalue weighted by atomic mass is 16.3. The van der Waals surface area contributed by atoms with Gasteiger partial charge in [-0.05, 0) is 33.4 Å². The van der Waals surface area contributed by atoms with Gasteiger partial charge in [0.05, 0.1) is 33.0 Å². The van der Waals surface area contributed by atoms with Crippen LogP contribution in [-0.2, 0) is 33.0 Å². The molecule has 0 heterocycles. The maximum atomic E-state index is 9.38. The Kier molecular flexibility index (Phi) is 5.46. The largest absolute Gasteiger partial charge is 0.392 e. The van der Waals surface area contributed by atoms with Gasteiger partial charge in [-0.15, -0.1) is 0 Å². The van der Waals surface area contributed by atoms with Crippen LogP contribution in [-0.4, -0.2) is 25.5 Å². The molecule has 0 saturated heterocycles. The second kappa shape index (κ2) is 6.63. The molecule has 0 aliphatic rings. The van der Waals surface area contributed by atoms with Crippen molar-refractivity contribution in [3.05, 3.63) is 40.0 Å². The SMILES string of the molecule is C=Cc1c(CO)c(CO)c(CO)c(CO)c1CO. The van der Waals surface area contributed by atoms with E-state index in [2.05, 4.69) is 6.58 Å². The molecule has 0 aliphatic heterocycles. The smallest absolute Gasteiger partial charge is 0.0691 e. The van der Waals surface area contributed by atoms with Crippen molar-refractivity contribution < 1.29 is 25.5 Å². The van der Waals surface area contributed by atoms with Crippen LogP contribution in [0.5, 0.6) is 0 Å². The Morgan fingerprint density at radius 1 is 0.611 bits per heavy atom. The summed E-state index contributed by atoms with van der Waals surface area (Å²) in [6.07, 6.45) is 1.45. The molecule has 0 bridgehead atoms. The highest BCUT2D eigenvalue weighted by Crippen LogP contribution is 2.30. The Bertz CT molecular complexity index is 406. The molecule has 100 valence electrons. The lowest BCUT2D eigenvalue weighted by molar-refractivity contribution is 0.232. The normalized spacial score (nSPS) is 10.7. The van der Waals surface area contributed by atoms with Crippen molar-refractivity contribution in [2.24, 2.45) is 0 Å². The minimum absolute atomic E-state index is 0.344. The Morgan fingerprint density at radius 3 is 1.11 bits per heavy atom. The molecule has 0 fully saturated rings. The zero-order chi connectivity index (χ0) is 13.7. The second-order valence-electron chi connectivity index (χ2n) is 3.80. The molecule has 0 saturated carbocycles. The van der Waals surface area contributed by atoms with E-state index in [4.69, 9.17) is 0 Å². The van der Waals surface area contributed by atoms with Crippen LogP contribution in [0, 0.1) is 0 Å². The number of rotatable bonds is 6. The van der Waals surface area contributed by atoms with Crippen LogP contribution in [0.15, 0.2) is 6.58 Å². The van der Waals surface area contributed by atoms with Crippen molar-refractivity contribution >= 4 is 6.08 Å². The molecule has 1 aromatic rings. The monoisotopic (exact) mass is 254 g/mol. The quantitative estimate of drug-likeness (QED) is 0.483. The average molecular weight is 254 g/mol. The molecule has 0 aliphatic carbocycles. The van der Waals surface area contributed by atoms with Crippen LogP contribution in [0.25, 0.3) is 6.08 Å². The summed E-state index contributed by atoms with van der Waals surface area (Å²) in [7, 11) is 0. The van der Waals surface area contributed by atoms with Crippen LogP contribution in [0.1, 0.15) is 33.4 Å². The molecule has 0 spiro atoms. The number of hydrogen-bond acceptors (Lipinski definition) is 5. The van der Waals surface area contributed by atoms with Gasteiger partial charge >= 0.3 is 0 Å². The maximum absolute atomic E-state index is 9.38. The number of aliphatic hydroxyl groups excluding tert-OH is 5. The van der Waals surface area contributed by atoms with E-state index in [9.17, 15) is 25.5 Å². The Balaban J connectivity index is 3.77. The van der Waals surface area contributed by atoms with Gasteiger partial charge in [0, 0.05) is 0 Å². The summed E-state index contributed by atoms with van der Waals surface area (Å²) in [6.45, 7) is 1.79. The van der Waals surface area contributed by atoms with Crippen molar-refractivity contribution in [3.63, 3.8) is 0 Å². The van der Waals surface area contributed by atoms with E-state index < -0.39 is 0 Å². The van der Waals surface area contributed by atoms with Gasteiger partial charge in [0.25, 0.3) is 0 Å². The predicted octanol–water partition coefficient (Wildman–Crippen LogP) is -0.209. The van der Waals surface area contributed by atoms with E-state index in [1.807, 2.05) is 0 Å². The third-order valence-electron chi connectivity index (χ3n) is 3.10. The van der Waals surface area contributed by atoms with E-state index in [0.29, 0.717) is 33.4 Å². The molecule has 0 unspecified atom stereocenters. The first-order chi connectivity index (χ1) is 8.69. The lowest BCUT2D eigenvalue weighted by Gasteiger charge is -2.21. The summed E-state index contributed by atoms with van der Waals surface area (Å²) in [5.74, 6) is 0. The van der Waals surface area contributed by atoms with E-state index in [1.54, 1.807) is 0 Å². The fourth-order valence-corrected chi connectivity index (χ4v) is 2.23. The molecule has 0 atom stereocenters. The highest BCUT2D eigenvalue weighted by Gasteiger charge is 2.20. The molecule has 18 heavy (non-hydrogen) atoms. The van der Waals surface area contributed by atoms with Crippen molar-refractivity contribution in [1.29, 1.82) is 0 Å². The van der Waals surface area contributed by atoms with Crippen LogP contribution < -0.4 is 0 Å². The van der Waals surface area contributed by atoms with Crippen LogP contribution in [0.2, 0.25) is 0 Å². The van der Waals surface area contributed by atoms with Gasteiger partial charge in [-0.3, -0.25) is 0 Å². The van der Waals surface area contributed by atoms with Crippen molar-refractivity contribution in [3.8, 4) is 0 Å². The van der Waals surface area contributed by atoms with Crippen molar-refractivity contribution in [2.75, 3.05) is 0 Å². The van der Waals surface area contributed by atoms with Crippen molar-refractivity contribution in [2.45, 2.75) is 33.0 Å². The molecule has 5 nitrogen and oxygen atoms in total. The number of benzene rings is 1. The van der Waals surface area contributed by atoms with E-state index in [0.717, 1.165) is 0 Å². The lowest BCUT2D eigenvalue weighted by atomic mass is 9.87. The molecule has 5 heteroatoms. The predicted molar refractivity (Wildman–Crippen MR) is 66.1 cm³/mol. The van der Waals surface area contributed by atoms with Gasteiger partial charge in [0.1, 0.15) is 0 Å². The Hall–Kier alpha value is -1.24. The summed E-state index contributed by atoms with van der Waals surface area (Å²) in [5.41, 5.74) is 2.41. The number of hydrogen-bond donors (Lipinski definition) is 5. The topological polar surface area (TPSA) is 101 Å². The Labute approximate surface area is 105 Å². The first-order valence-electron chi connectivity index (χ1n) is 5.55. The van der Waals surface area contributed by atoms with E-state index in [1.165, 1.54) is 6.08 Å². The van der Waals surface area contributed by atoms with Crippen LogP contribution >= 0.6 is 0 Å². The first kappa shape index (κ1) is 14.8. The zero-order valence-corrected chi connectivity index (χ0v) is 10.1. The summed E-state index contributed by atoms with van der Waals surface area (Å²) < 4.78 is 0. The number of aliphatic hydroxyl groups is 5. The third kappa shape index (κ3) is 2.31. The molecule has 1 aromatic carbocycles. The fourth-order valence-electron chi connectivity index (χ4n) is 2.23. The highest BCUT2D eigenvalue weighted by molar-refractivity contribution is 5.63. The molecular weight excluding hydrogens is 236 g/mol. The van der Waals surface area contributed by atoms with Gasteiger partial charge in [-0.25, -0.2) is 0 Å². The maximum Gasteiger partial charge on any atom is 0.0691 e. The molecule has 0 radical (unpaired) electrons. The van der Waals surface area contributed by atoms with Crippen molar-refractivity contribution in [1.82, 2.24) is 0 Å². The van der Waals surface area contributed by atoms with Gasteiger partial charge in [0.15, 0.2) is 0 Å². The second-order valence-corrected chi connectivity index (χ2v) is 3.80. The average Bonchev–Trinajstić information content (AvgIpc) is 2.43. The zero-order valence-electron chi connectivity index (χ0n) is 10.1. The van der Waals surface area contributed by atoms with Gasteiger partial charge in [-0.2, -0.15) is 0 Å². The van der Waals surface area contributed by atoms with E-state index >= 15 is 0 Å². The molecule has 0 aromatic heterocycles. The first-order valence-corrected chi connectivity index (χ1v) is 5.55. The summed E-state index contributed by atoms with van der Waals surface area (Å²) >= 11 is 0. The summed E-state index contributed by atoms with van der Waals surface area (Å²) in [5, 5.41) is 46.8. The minimum Gasteiger partial charge on any atom is -0.392 e. The summed E-state index contributed by atoms with van der Waals surface area (Å²) in [6, 6.07) is 0. The van der Waals surface area contributed by atoms with Gasteiger partial charge < -0.3 is 25.5 Å². The summed E-state index contributed by atoms with van der Waals surface area (Å²) in [4.78, 5) is 0. The molecular formula is C13H18O5. The molecule has 5 N–H and O–H groups in total.